The van der Waals surface area contributed by atoms with Crippen LogP contribution in [0, 0.1) is 0 Å². The first kappa shape index (κ1) is 10.5. The quantitative estimate of drug-likeness (QED) is 0.560. The number of esters is 1. The summed E-state index contributed by atoms with van der Waals surface area (Å²) in [5.41, 5.74) is 1.01. The molecular weight excluding hydrogens is 182 g/mol. The third-order valence-corrected chi connectivity index (χ3v) is 1.69. The van der Waals surface area contributed by atoms with Gasteiger partial charge in [0.1, 0.15) is 6.73 Å². The Morgan fingerprint density at radius 3 is 2.86 bits per heavy atom. The molecule has 0 fully saturated rings. The highest BCUT2D eigenvalue weighted by Gasteiger charge is 2.10. The minimum atomic E-state index is -0.385. The molecule has 1 aromatic carbocycles. The lowest BCUT2D eigenvalue weighted by Gasteiger charge is -2.08. The molecule has 0 aliphatic carbocycles. The third-order valence-electron chi connectivity index (χ3n) is 1.69. The summed E-state index contributed by atoms with van der Waals surface area (Å²) in [5, 5.41) is 11.4. The average molecular weight is 195 g/mol. The molecular formula is C10H13NO3. The van der Waals surface area contributed by atoms with E-state index in [0.29, 0.717) is 17.9 Å². The Balaban J connectivity index is 2.88. The van der Waals surface area contributed by atoms with Crippen molar-refractivity contribution in [3.63, 3.8) is 0 Å². The van der Waals surface area contributed by atoms with Crippen LogP contribution in [0.1, 0.15) is 17.3 Å². The smallest absolute Gasteiger partial charge is 0.340 e. The Hall–Kier alpha value is -1.55. The SMILES string of the molecule is CCOC(=O)c1ccccc1NCO. The second kappa shape index (κ2) is 5.24. The molecule has 4 nitrogen and oxygen atoms in total. The molecule has 2 N–H and O–H groups in total. The summed E-state index contributed by atoms with van der Waals surface area (Å²) in [6.45, 7) is 1.88. The molecule has 0 atom stereocenters. The van der Waals surface area contributed by atoms with E-state index in [1.54, 1.807) is 31.2 Å². The number of para-hydroxylation sites is 1. The van der Waals surface area contributed by atoms with E-state index in [0.717, 1.165) is 0 Å². The molecule has 0 aliphatic rings. The number of benzene rings is 1. The van der Waals surface area contributed by atoms with Crippen molar-refractivity contribution in [3.8, 4) is 0 Å². The van der Waals surface area contributed by atoms with Crippen molar-refractivity contribution in [3.05, 3.63) is 29.8 Å². The number of nitrogens with one attached hydrogen (secondary N) is 1. The summed E-state index contributed by atoms with van der Waals surface area (Å²) in [7, 11) is 0. The number of carbonyl (C=O) groups is 1. The van der Waals surface area contributed by atoms with Gasteiger partial charge in [-0.25, -0.2) is 4.79 Å². The highest BCUT2D eigenvalue weighted by molar-refractivity contribution is 5.95. The molecule has 0 heterocycles. The Morgan fingerprint density at radius 1 is 1.50 bits per heavy atom. The number of rotatable bonds is 4. The number of hydrogen-bond donors (Lipinski definition) is 2. The maximum Gasteiger partial charge on any atom is 0.340 e. The lowest BCUT2D eigenvalue weighted by atomic mass is 10.2. The minimum Gasteiger partial charge on any atom is -0.462 e. The molecule has 14 heavy (non-hydrogen) atoms. The van der Waals surface area contributed by atoms with Gasteiger partial charge in [-0.15, -0.1) is 0 Å². The zero-order chi connectivity index (χ0) is 10.4. The van der Waals surface area contributed by atoms with Crippen LogP contribution in [-0.4, -0.2) is 24.4 Å². The van der Waals surface area contributed by atoms with E-state index in [1.807, 2.05) is 0 Å². The Morgan fingerprint density at radius 2 is 2.21 bits per heavy atom. The first-order chi connectivity index (χ1) is 6.79. The van der Waals surface area contributed by atoms with Crippen molar-refractivity contribution in [1.29, 1.82) is 0 Å². The van der Waals surface area contributed by atoms with Crippen LogP contribution in [0.25, 0.3) is 0 Å². The van der Waals surface area contributed by atoms with Gasteiger partial charge in [0.05, 0.1) is 17.9 Å². The first-order valence-electron chi connectivity index (χ1n) is 4.40. The maximum atomic E-state index is 11.4. The molecule has 0 amide bonds. The Kier molecular flexibility index (Phi) is 3.94. The minimum absolute atomic E-state index is 0.212. The summed E-state index contributed by atoms with van der Waals surface area (Å²) in [5.74, 6) is -0.385. The van der Waals surface area contributed by atoms with E-state index in [4.69, 9.17) is 9.84 Å². The molecule has 76 valence electrons. The molecule has 0 radical (unpaired) electrons. The second-order valence-corrected chi connectivity index (χ2v) is 2.60. The van der Waals surface area contributed by atoms with Crippen LogP contribution in [0.2, 0.25) is 0 Å². The summed E-state index contributed by atoms with van der Waals surface area (Å²) >= 11 is 0. The molecule has 0 aliphatic heterocycles. The zero-order valence-electron chi connectivity index (χ0n) is 7.99. The molecule has 4 heteroatoms. The number of anilines is 1. The largest absolute Gasteiger partial charge is 0.462 e. The normalized spacial score (nSPS) is 9.57. The average Bonchev–Trinajstić information content (AvgIpc) is 2.19. The van der Waals surface area contributed by atoms with Gasteiger partial charge in [0.15, 0.2) is 0 Å². The van der Waals surface area contributed by atoms with Crippen molar-refractivity contribution in [1.82, 2.24) is 0 Å². The lowest BCUT2D eigenvalue weighted by Crippen LogP contribution is -2.10. The molecule has 0 unspecified atom stereocenters. The van der Waals surface area contributed by atoms with E-state index >= 15 is 0 Å². The van der Waals surface area contributed by atoms with Crippen LogP contribution >= 0.6 is 0 Å². The van der Waals surface area contributed by atoms with Gasteiger partial charge in [0.25, 0.3) is 0 Å². The summed E-state index contributed by atoms with van der Waals surface area (Å²) < 4.78 is 4.85. The number of carbonyl (C=O) groups excluding carboxylic acids is 1. The van der Waals surface area contributed by atoms with Crippen molar-refractivity contribution >= 4 is 11.7 Å². The number of aliphatic hydroxyl groups excluding tert-OH is 1. The van der Waals surface area contributed by atoms with Gasteiger partial charge in [0, 0.05) is 0 Å². The second-order valence-electron chi connectivity index (χ2n) is 2.60. The maximum absolute atomic E-state index is 11.4. The summed E-state index contributed by atoms with van der Waals surface area (Å²) in [6, 6.07) is 6.88. The molecule has 1 rings (SSSR count). The van der Waals surface area contributed by atoms with Gasteiger partial charge < -0.3 is 15.2 Å². The number of hydrogen-bond acceptors (Lipinski definition) is 4. The molecule has 1 aromatic rings. The van der Waals surface area contributed by atoms with Crippen LogP contribution in [0.5, 0.6) is 0 Å². The van der Waals surface area contributed by atoms with E-state index < -0.39 is 0 Å². The third kappa shape index (κ3) is 2.47. The van der Waals surface area contributed by atoms with Crippen LogP contribution in [-0.2, 0) is 4.74 Å². The number of aliphatic hydroxyl groups is 1. The molecule has 0 spiro atoms. The van der Waals surface area contributed by atoms with Gasteiger partial charge in [-0.3, -0.25) is 0 Å². The monoisotopic (exact) mass is 195 g/mol. The summed E-state index contributed by atoms with van der Waals surface area (Å²) in [4.78, 5) is 11.4. The first-order valence-corrected chi connectivity index (χ1v) is 4.40. The van der Waals surface area contributed by atoms with E-state index in [9.17, 15) is 4.79 Å². The Labute approximate surface area is 82.5 Å². The molecule has 0 saturated heterocycles. The van der Waals surface area contributed by atoms with E-state index in [2.05, 4.69) is 5.32 Å². The molecule has 0 saturated carbocycles. The standard InChI is InChI=1S/C10H13NO3/c1-2-14-10(13)8-5-3-4-6-9(8)11-7-12/h3-6,11-12H,2,7H2,1H3. The van der Waals surface area contributed by atoms with Crippen molar-refractivity contribution < 1.29 is 14.6 Å². The van der Waals surface area contributed by atoms with Crippen molar-refractivity contribution in [2.24, 2.45) is 0 Å². The van der Waals surface area contributed by atoms with Crippen molar-refractivity contribution in [2.45, 2.75) is 6.92 Å². The van der Waals surface area contributed by atoms with Gasteiger partial charge in [-0.2, -0.15) is 0 Å². The molecule has 0 aromatic heterocycles. The van der Waals surface area contributed by atoms with E-state index in [1.165, 1.54) is 0 Å². The summed E-state index contributed by atoms with van der Waals surface area (Å²) in [6.07, 6.45) is 0. The Bertz CT molecular complexity index is 312. The highest BCUT2D eigenvalue weighted by atomic mass is 16.5. The van der Waals surface area contributed by atoms with Crippen molar-refractivity contribution in [2.75, 3.05) is 18.7 Å². The van der Waals surface area contributed by atoms with E-state index in [-0.39, 0.29) is 12.7 Å². The molecule has 0 bridgehead atoms. The fourth-order valence-electron chi connectivity index (χ4n) is 1.11. The predicted octanol–water partition coefficient (Wildman–Crippen LogP) is 1.22. The topological polar surface area (TPSA) is 58.6 Å². The lowest BCUT2D eigenvalue weighted by molar-refractivity contribution is 0.0527. The fraction of sp³-hybridized carbons (Fsp3) is 0.300. The fourth-order valence-corrected chi connectivity index (χ4v) is 1.11. The van der Waals surface area contributed by atoms with Crippen LogP contribution in [0.3, 0.4) is 0 Å². The predicted molar refractivity (Wildman–Crippen MR) is 53.1 cm³/mol. The number of ether oxygens (including phenoxy) is 1. The van der Waals surface area contributed by atoms with Crippen LogP contribution in [0.4, 0.5) is 5.69 Å². The van der Waals surface area contributed by atoms with Crippen LogP contribution in [0.15, 0.2) is 24.3 Å². The van der Waals surface area contributed by atoms with Crippen LogP contribution < -0.4 is 5.32 Å². The highest BCUT2D eigenvalue weighted by Crippen LogP contribution is 2.15. The van der Waals surface area contributed by atoms with Gasteiger partial charge in [-0.1, -0.05) is 12.1 Å². The zero-order valence-corrected chi connectivity index (χ0v) is 7.99. The van der Waals surface area contributed by atoms with Gasteiger partial charge in [0.2, 0.25) is 0 Å². The van der Waals surface area contributed by atoms with Gasteiger partial charge >= 0.3 is 5.97 Å². The van der Waals surface area contributed by atoms with Gasteiger partial charge in [-0.05, 0) is 19.1 Å².